The minimum Gasteiger partial charge on any atom is -0.337 e. The molecule has 1 saturated heterocycles. The third-order valence-electron chi connectivity index (χ3n) is 2.98. The normalized spacial score (nSPS) is 17.8. The monoisotopic (exact) mass is 262 g/mol. The fourth-order valence-electron chi connectivity index (χ4n) is 1.74. The average molecular weight is 262 g/mol. The molecule has 1 aromatic heterocycles. The maximum atomic E-state index is 12.0. The van der Waals surface area contributed by atoms with Gasteiger partial charge in [0.15, 0.2) is 0 Å². The number of nitrogens with zero attached hydrogens (tertiary/aromatic N) is 3. The van der Waals surface area contributed by atoms with E-state index in [1.54, 1.807) is 10.9 Å². The third-order valence-corrected chi connectivity index (χ3v) is 2.98. The number of imide groups is 1. The Balaban J connectivity index is 2.37. The van der Waals surface area contributed by atoms with Crippen molar-refractivity contribution in [3.63, 3.8) is 0 Å². The van der Waals surface area contributed by atoms with Crippen molar-refractivity contribution in [2.24, 2.45) is 7.05 Å². The van der Waals surface area contributed by atoms with Crippen molar-refractivity contribution in [2.75, 3.05) is 6.54 Å². The molecule has 1 aromatic rings. The Kier molecular flexibility index (Phi) is 3.20. The van der Waals surface area contributed by atoms with E-state index in [0.717, 1.165) is 10.6 Å². The van der Waals surface area contributed by atoms with Crippen molar-refractivity contribution in [2.45, 2.75) is 13.8 Å². The van der Waals surface area contributed by atoms with Gasteiger partial charge in [-0.25, -0.2) is 4.98 Å². The van der Waals surface area contributed by atoms with Crippen LogP contribution in [0.4, 0.5) is 0 Å². The van der Waals surface area contributed by atoms with Crippen LogP contribution in [0.15, 0.2) is 12.0 Å². The molecular weight excluding hydrogens is 248 g/mol. The molecule has 0 atom stereocenters. The van der Waals surface area contributed by atoms with Crippen molar-refractivity contribution in [3.05, 3.63) is 23.4 Å². The highest BCUT2D eigenvalue weighted by Crippen LogP contribution is 2.13. The van der Waals surface area contributed by atoms with E-state index in [1.807, 2.05) is 14.0 Å². The number of hydrogen-bond donors (Lipinski definition) is 1. The van der Waals surface area contributed by atoms with Crippen LogP contribution >= 0.6 is 0 Å². The second-order valence-electron chi connectivity index (χ2n) is 4.34. The summed E-state index contributed by atoms with van der Waals surface area (Å²) < 4.78 is 1.80. The molecule has 0 bridgehead atoms. The SMILES string of the molecule is CC(=O)N1CC(=O)N/C(=C\c2ncn(C)c2C)C1=O. The van der Waals surface area contributed by atoms with Gasteiger partial charge in [0.2, 0.25) is 11.8 Å². The summed E-state index contributed by atoms with van der Waals surface area (Å²) in [4.78, 5) is 39.8. The van der Waals surface area contributed by atoms with Gasteiger partial charge in [0.05, 0.1) is 12.0 Å². The summed E-state index contributed by atoms with van der Waals surface area (Å²) >= 11 is 0. The fourth-order valence-corrected chi connectivity index (χ4v) is 1.74. The van der Waals surface area contributed by atoms with Gasteiger partial charge in [-0.1, -0.05) is 0 Å². The molecule has 1 aliphatic rings. The molecule has 0 radical (unpaired) electrons. The molecule has 2 heterocycles. The number of aromatic nitrogens is 2. The molecule has 100 valence electrons. The number of carbonyl (C=O) groups is 3. The van der Waals surface area contributed by atoms with E-state index in [9.17, 15) is 14.4 Å². The fraction of sp³-hybridized carbons (Fsp3) is 0.333. The smallest absolute Gasteiger partial charge is 0.277 e. The third kappa shape index (κ3) is 2.40. The summed E-state index contributed by atoms with van der Waals surface area (Å²) in [5.41, 5.74) is 1.50. The van der Waals surface area contributed by atoms with Gasteiger partial charge in [0.25, 0.3) is 5.91 Å². The van der Waals surface area contributed by atoms with E-state index in [4.69, 9.17) is 0 Å². The molecule has 2 rings (SSSR count). The van der Waals surface area contributed by atoms with E-state index in [1.165, 1.54) is 13.0 Å². The zero-order valence-electron chi connectivity index (χ0n) is 10.9. The number of carbonyl (C=O) groups excluding carboxylic acids is 3. The summed E-state index contributed by atoms with van der Waals surface area (Å²) in [7, 11) is 1.83. The van der Waals surface area contributed by atoms with Crippen molar-refractivity contribution in [1.82, 2.24) is 19.8 Å². The molecule has 0 saturated carbocycles. The number of aryl methyl sites for hydroxylation is 1. The molecule has 0 spiro atoms. The molecule has 0 aliphatic carbocycles. The Morgan fingerprint density at radius 3 is 2.68 bits per heavy atom. The zero-order chi connectivity index (χ0) is 14.2. The molecular formula is C12H14N4O3. The van der Waals surface area contributed by atoms with Gasteiger partial charge >= 0.3 is 0 Å². The summed E-state index contributed by atoms with van der Waals surface area (Å²) in [6, 6.07) is 0. The minimum atomic E-state index is -0.517. The van der Waals surface area contributed by atoms with Gasteiger partial charge in [-0.3, -0.25) is 19.3 Å². The second kappa shape index (κ2) is 4.68. The van der Waals surface area contributed by atoms with Crippen LogP contribution in [0.25, 0.3) is 6.08 Å². The summed E-state index contributed by atoms with van der Waals surface area (Å²) in [5.74, 6) is -1.37. The first-order valence-corrected chi connectivity index (χ1v) is 5.72. The van der Waals surface area contributed by atoms with Crippen LogP contribution in [0, 0.1) is 6.92 Å². The predicted molar refractivity (Wildman–Crippen MR) is 66.5 cm³/mol. The van der Waals surface area contributed by atoms with Gasteiger partial charge in [0, 0.05) is 19.7 Å². The van der Waals surface area contributed by atoms with Gasteiger partial charge in [-0.05, 0) is 13.0 Å². The minimum absolute atomic E-state index is 0.0632. The topological polar surface area (TPSA) is 84.3 Å². The molecule has 0 aromatic carbocycles. The van der Waals surface area contributed by atoms with Crippen LogP contribution in [0.3, 0.4) is 0 Å². The first-order valence-electron chi connectivity index (χ1n) is 5.72. The first-order chi connectivity index (χ1) is 8.90. The van der Waals surface area contributed by atoms with Crippen LogP contribution < -0.4 is 5.32 Å². The highest BCUT2D eigenvalue weighted by molar-refractivity contribution is 6.12. The van der Waals surface area contributed by atoms with Crippen LogP contribution in [0.1, 0.15) is 18.3 Å². The lowest BCUT2D eigenvalue weighted by Crippen LogP contribution is -2.51. The van der Waals surface area contributed by atoms with Crippen LogP contribution in [0.2, 0.25) is 0 Å². The molecule has 1 fully saturated rings. The average Bonchev–Trinajstić information content (AvgIpc) is 2.65. The van der Waals surface area contributed by atoms with Crippen molar-refractivity contribution in [1.29, 1.82) is 0 Å². The van der Waals surface area contributed by atoms with E-state index in [2.05, 4.69) is 10.3 Å². The standard InChI is InChI=1S/C12H14N4O3/c1-7-9(13-6-15(7)3)4-10-12(19)16(8(2)17)5-11(18)14-10/h4,6H,5H2,1-3H3,(H,14,18)/b10-4-. The first kappa shape index (κ1) is 13.0. The van der Waals surface area contributed by atoms with Crippen LogP contribution in [-0.4, -0.2) is 38.7 Å². The lowest BCUT2D eigenvalue weighted by Gasteiger charge is -2.25. The zero-order valence-corrected chi connectivity index (χ0v) is 10.9. The largest absolute Gasteiger partial charge is 0.337 e. The van der Waals surface area contributed by atoms with E-state index >= 15 is 0 Å². The summed E-state index contributed by atoms with van der Waals surface area (Å²) in [6.45, 7) is 2.85. The number of imidazole rings is 1. The number of amides is 3. The van der Waals surface area contributed by atoms with Crippen molar-refractivity contribution < 1.29 is 14.4 Å². The quantitative estimate of drug-likeness (QED) is 0.696. The van der Waals surface area contributed by atoms with Crippen LogP contribution in [0.5, 0.6) is 0 Å². The Morgan fingerprint density at radius 1 is 1.47 bits per heavy atom. The maximum absolute atomic E-state index is 12.0. The van der Waals surface area contributed by atoms with Crippen molar-refractivity contribution in [3.8, 4) is 0 Å². The Bertz CT molecular complexity index is 600. The molecule has 19 heavy (non-hydrogen) atoms. The Morgan fingerprint density at radius 2 is 2.16 bits per heavy atom. The number of hydrogen-bond acceptors (Lipinski definition) is 4. The lowest BCUT2D eigenvalue weighted by molar-refractivity contribution is -0.147. The van der Waals surface area contributed by atoms with Gasteiger partial charge in [-0.15, -0.1) is 0 Å². The molecule has 1 N–H and O–H groups in total. The Labute approximate surface area is 109 Å². The molecule has 7 nitrogen and oxygen atoms in total. The maximum Gasteiger partial charge on any atom is 0.277 e. The van der Waals surface area contributed by atoms with Crippen LogP contribution in [-0.2, 0) is 21.4 Å². The molecule has 3 amide bonds. The summed E-state index contributed by atoms with van der Waals surface area (Å²) in [6.07, 6.45) is 3.09. The predicted octanol–water partition coefficient (Wildman–Crippen LogP) is -0.426. The number of piperazine rings is 1. The van der Waals surface area contributed by atoms with Crippen molar-refractivity contribution >= 4 is 23.8 Å². The van der Waals surface area contributed by atoms with Gasteiger partial charge < -0.3 is 9.88 Å². The number of nitrogens with one attached hydrogen (secondary N) is 1. The number of rotatable bonds is 1. The lowest BCUT2D eigenvalue weighted by atomic mass is 10.2. The summed E-state index contributed by atoms with van der Waals surface area (Å²) in [5, 5.41) is 2.47. The van der Waals surface area contributed by atoms with Gasteiger partial charge in [-0.2, -0.15) is 0 Å². The molecule has 1 aliphatic heterocycles. The highest BCUT2D eigenvalue weighted by Gasteiger charge is 2.30. The molecule has 0 unspecified atom stereocenters. The van der Waals surface area contributed by atoms with E-state index in [0.29, 0.717) is 5.69 Å². The second-order valence-corrected chi connectivity index (χ2v) is 4.34. The van der Waals surface area contributed by atoms with E-state index in [-0.39, 0.29) is 12.2 Å². The van der Waals surface area contributed by atoms with E-state index < -0.39 is 17.7 Å². The highest BCUT2D eigenvalue weighted by atomic mass is 16.2. The molecule has 7 heteroatoms. The Hall–Kier alpha value is -2.44. The van der Waals surface area contributed by atoms with Gasteiger partial charge in [0.1, 0.15) is 12.2 Å².